The summed E-state index contributed by atoms with van der Waals surface area (Å²) in [5, 5.41) is 36.5. The molecular formula is C44H26F2N6. The van der Waals surface area contributed by atoms with Crippen molar-refractivity contribution in [2.24, 2.45) is 0 Å². The zero-order chi connectivity index (χ0) is 36.5. The highest BCUT2D eigenvalue weighted by Crippen LogP contribution is 2.38. The fourth-order valence-electron chi connectivity index (χ4n) is 5.63. The lowest BCUT2D eigenvalue weighted by molar-refractivity contribution is 0.627. The molecule has 52 heavy (non-hydrogen) atoms. The standard InChI is InChI=1S/C44H26F2N6/c45-37-9-21-43(22-10-37)51(39-13-1-31(2-14-39)25-33(27-47)28-48)41-17-5-35(6-18-41)36-7-19-42(20-8-36)52(44-23-11-38(46)12-24-44)40-15-3-32(4-16-40)26-34(29-49)30-50/h1-26H. The molecule has 8 heteroatoms. The van der Waals surface area contributed by atoms with Crippen LogP contribution in [0.3, 0.4) is 0 Å². The van der Waals surface area contributed by atoms with Gasteiger partial charge in [0.25, 0.3) is 0 Å². The Balaban J connectivity index is 1.30. The van der Waals surface area contributed by atoms with Crippen molar-refractivity contribution >= 4 is 46.3 Å². The first-order chi connectivity index (χ1) is 25.4. The second kappa shape index (κ2) is 15.6. The summed E-state index contributed by atoms with van der Waals surface area (Å²) in [5.41, 5.74) is 8.12. The topological polar surface area (TPSA) is 102 Å². The van der Waals surface area contributed by atoms with Gasteiger partial charge in [0.2, 0.25) is 0 Å². The summed E-state index contributed by atoms with van der Waals surface area (Å²) in [6.45, 7) is 0. The van der Waals surface area contributed by atoms with E-state index in [-0.39, 0.29) is 22.8 Å². The number of halogens is 2. The van der Waals surface area contributed by atoms with Gasteiger partial charge in [0.15, 0.2) is 0 Å². The fourth-order valence-corrected chi connectivity index (χ4v) is 5.63. The van der Waals surface area contributed by atoms with Gasteiger partial charge in [-0.15, -0.1) is 0 Å². The molecule has 6 aromatic rings. The molecule has 0 aliphatic rings. The molecule has 0 unspecified atom stereocenters. The summed E-state index contributed by atoms with van der Waals surface area (Å²) in [6, 6.07) is 50.6. The van der Waals surface area contributed by atoms with Crippen LogP contribution in [0.15, 0.2) is 157 Å². The first-order valence-corrected chi connectivity index (χ1v) is 15.9. The third kappa shape index (κ3) is 7.75. The lowest BCUT2D eigenvalue weighted by Gasteiger charge is -2.26. The van der Waals surface area contributed by atoms with E-state index in [0.29, 0.717) is 11.1 Å². The molecule has 246 valence electrons. The van der Waals surface area contributed by atoms with Crippen molar-refractivity contribution in [1.29, 1.82) is 21.0 Å². The quantitative estimate of drug-likeness (QED) is 0.141. The zero-order valence-corrected chi connectivity index (χ0v) is 27.5. The zero-order valence-electron chi connectivity index (χ0n) is 27.5. The van der Waals surface area contributed by atoms with Gasteiger partial charge in [-0.1, -0.05) is 48.5 Å². The lowest BCUT2D eigenvalue weighted by atomic mass is 10.0. The molecule has 6 nitrogen and oxygen atoms in total. The number of nitriles is 4. The van der Waals surface area contributed by atoms with E-state index < -0.39 is 0 Å². The van der Waals surface area contributed by atoms with Crippen molar-refractivity contribution in [1.82, 2.24) is 0 Å². The summed E-state index contributed by atoms with van der Waals surface area (Å²) in [7, 11) is 0. The molecule has 0 aromatic heterocycles. The van der Waals surface area contributed by atoms with Crippen LogP contribution in [0.2, 0.25) is 0 Å². The SMILES string of the molecule is N#CC(C#N)=Cc1ccc(N(c2ccc(F)cc2)c2ccc(-c3ccc(N(c4ccc(F)cc4)c4ccc(C=C(C#N)C#N)cc4)cc3)cc2)cc1. The van der Waals surface area contributed by atoms with Gasteiger partial charge in [-0.2, -0.15) is 21.0 Å². The highest BCUT2D eigenvalue weighted by molar-refractivity contribution is 5.81. The van der Waals surface area contributed by atoms with Gasteiger partial charge in [0.05, 0.1) is 0 Å². The molecule has 0 saturated carbocycles. The molecule has 0 bridgehead atoms. The molecule has 0 radical (unpaired) electrons. The predicted octanol–water partition coefficient (Wildman–Crippen LogP) is 11.4. The van der Waals surface area contributed by atoms with Crippen LogP contribution in [0.5, 0.6) is 0 Å². The maximum atomic E-state index is 13.9. The van der Waals surface area contributed by atoms with E-state index in [9.17, 15) is 8.78 Å². The smallest absolute Gasteiger partial charge is 0.130 e. The van der Waals surface area contributed by atoms with E-state index >= 15 is 0 Å². The Labute approximate surface area is 300 Å². The van der Waals surface area contributed by atoms with Crippen molar-refractivity contribution in [3.8, 4) is 35.4 Å². The Morgan fingerprint density at radius 1 is 0.365 bits per heavy atom. The van der Waals surface area contributed by atoms with E-state index in [4.69, 9.17) is 21.0 Å². The van der Waals surface area contributed by atoms with Crippen LogP contribution in [-0.4, -0.2) is 0 Å². The normalized spacial score (nSPS) is 10.0. The van der Waals surface area contributed by atoms with Crippen LogP contribution in [0.4, 0.5) is 42.9 Å². The van der Waals surface area contributed by atoms with Crippen LogP contribution < -0.4 is 9.80 Å². The number of hydrogen-bond donors (Lipinski definition) is 0. The Kier molecular flexibility index (Phi) is 10.2. The van der Waals surface area contributed by atoms with Crippen molar-refractivity contribution in [2.75, 3.05) is 9.80 Å². The summed E-state index contributed by atoms with van der Waals surface area (Å²) >= 11 is 0. The van der Waals surface area contributed by atoms with Crippen LogP contribution in [0.1, 0.15) is 11.1 Å². The molecular weight excluding hydrogens is 651 g/mol. The Morgan fingerprint density at radius 2 is 0.596 bits per heavy atom. The summed E-state index contributed by atoms with van der Waals surface area (Å²) in [5.74, 6) is -0.694. The highest BCUT2D eigenvalue weighted by atomic mass is 19.1. The van der Waals surface area contributed by atoms with Crippen molar-refractivity contribution < 1.29 is 8.78 Å². The second-order valence-corrected chi connectivity index (χ2v) is 11.5. The van der Waals surface area contributed by atoms with E-state index in [1.807, 2.05) is 131 Å². The van der Waals surface area contributed by atoms with Gasteiger partial charge in [0.1, 0.15) is 47.1 Å². The van der Waals surface area contributed by atoms with Gasteiger partial charge < -0.3 is 9.80 Å². The Bertz CT molecular complexity index is 2210. The van der Waals surface area contributed by atoms with Crippen LogP contribution in [0, 0.1) is 57.0 Å². The molecule has 0 aliphatic carbocycles. The number of hydrogen-bond acceptors (Lipinski definition) is 6. The van der Waals surface area contributed by atoms with Gasteiger partial charge in [-0.25, -0.2) is 8.78 Å². The first-order valence-electron chi connectivity index (χ1n) is 15.9. The molecule has 0 heterocycles. The average Bonchev–Trinajstić information content (AvgIpc) is 3.19. The van der Waals surface area contributed by atoms with E-state index in [1.54, 1.807) is 24.3 Å². The van der Waals surface area contributed by atoms with Gasteiger partial charge >= 0.3 is 0 Å². The van der Waals surface area contributed by atoms with Gasteiger partial charge in [-0.05, 0) is 131 Å². The molecule has 0 N–H and O–H groups in total. The lowest BCUT2D eigenvalue weighted by Crippen LogP contribution is -2.10. The number of nitrogens with zero attached hydrogens (tertiary/aromatic N) is 6. The van der Waals surface area contributed by atoms with Crippen LogP contribution >= 0.6 is 0 Å². The minimum Gasteiger partial charge on any atom is -0.311 e. The van der Waals surface area contributed by atoms with Gasteiger partial charge in [0, 0.05) is 34.1 Å². The summed E-state index contributed by atoms with van der Waals surface area (Å²) in [4.78, 5) is 3.97. The van der Waals surface area contributed by atoms with E-state index in [1.165, 1.54) is 36.4 Å². The Hall–Kier alpha value is -7.78. The first kappa shape index (κ1) is 34.1. The summed E-state index contributed by atoms with van der Waals surface area (Å²) in [6.07, 6.45) is 3.03. The minimum atomic E-state index is -0.347. The molecule has 0 atom stereocenters. The molecule has 0 amide bonds. The van der Waals surface area contributed by atoms with Crippen LogP contribution in [-0.2, 0) is 0 Å². The maximum Gasteiger partial charge on any atom is 0.130 e. The molecule has 6 rings (SSSR count). The third-order valence-electron chi connectivity index (χ3n) is 8.16. The maximum absolute atomic E-state index is 13.9. The molecule has 0 saturated heterocycles. The van der Waals surface area contributed by atoms with Crippen molar-refractivity contribution in [3.05, 3.63) is 180 Å². The molecule has 0 aliphatic heterocycles. The highest BCUT2D eigenvalue weighted by Gasteiger charge is 2.15. The van der Waals surface area contributed by atoms with Crippen LogP contribution in [0.25, 0.3) is 23.3 Å². The number of benzene rings is 6. The second-order valence-electron chi connectivity index (χ2n) is 11.5. The van der Waals surface area contributed by atoms with E-state index in [2.05, 4.69) is 0 Å². The monoisotopic (exact) mass is 676 g/mol. The summed E-state index contributed by atoms with van der Waals surface area (Å²) < 4.78 is 27.8. The van der Waals surface area contributed by atoms with Crippen molar-refractivity contribution in [2.45, 2.75) is 0 Å². The minimum absolute atomic E-state index is 0.00502. The number of rotatable bonds is 9. The van der Waals surface area contributed by atoms with Crippen molar-refractivity contribution in [3.63, 3.8) is 0 Å². The van der Waals surface area contributed by atoms with E-state index in [0.717, 1.165) is 45.3 Å². The fraction of sp³-hybridized carbons (Fsp3) is 0. The number of allylic oxidation sites excluding steroid dienone is 2. The molecule has 0 fully saturated rings. The molecule has 0 spiro atoms. The third-order valence-corrected chi connectivity index (χ3v) is 8.16. The average molecular weight is 677 g/mol. The molecule has 6 aromatic carbocycles. The number of anilines is 6. The Morgan fingerprint density at radius 3 is 0.846 bits per heavy atom. The largest absolute Gasteiger partial charge is 0.311 e. The van der Waals surface area contributed by atoms with Gasteiger partial charge in [-0.3, -0.25) is 0 Å². The predicted molar refractivity (Wildman–Crippen MR) is 200 cm³/mol.